The Kier molecular flexibility index (Phi) is 12.4. The van der Waals surface area contributed by atoms with E-state index in [1.165, 1.54) is 79.2 Å². The molecule has 4 fully saturated rings. The lowest BCUT2D eigenvalue weighted by molar-refractivity contribution is 0.0967. The molecule has 2 aliphatic carbocycles. The predicted octanol–water partition coefficient (Wildman–Crippen LogP) is 10.8. The molecule has 4 aliphatic rings. The third-order valence-electron chi connectivity index (χ3n) is 13.2. The van der Waals surface area contributed by atoms with Gasteiger partial charge in [0.05, 0.1) is 31.5 Å². The number of epoxide rings is 2. The minimum Gasteiger partial charge on any atom is -0.491 e. The maximum Gasteiger partial charge on any atom is 0.119 e. The Labute approximate surface area is 334 Å². The van der Waals surface area contributed by atoms with Crippen molar-refractivity contribution >= 4 is 0 Å². The summed E-state index contributed by atoms with van der Waals surface area (Å²) < 4.78 is 29.0. The average Bonchev–Trinajstić information content (AvgIpc) is 4.20. The molecular formula is C50H62O6. The Bertz CT molecular complexity index is 1800. The van der Waals surface area contributed by atoms with Gasteiger partial charge in [0, 0.05) is 17.3 Å². The van der Waals surface area contributed by atoms with Gasteiger partial charge < -0.3 is 28.8 Å². The van der Waals surface area contributed by atoms with Crippen LogP contribution in [0.2, 0.25) is 0 Å². The van der Waals surface area contributed by atoms with Crippen LogP contribution in [0.4, 0.5) is 0 Å². The zero-order valence-electron chi connectivity index (χ0n) is 33.6. The van der Waals surface area contributed by atoms with Gasteiger partial charge in [-0.15, -0.1) is 0 Å². The standard InChI is InChI=1S/C50H62O6/c1-36(38-10-12-39(13-11-38)49(27-5-3-6-28-49)40-16-23-45(24-17-40)53-34-48-35-55-48)9-20-43(51)32-52-44-21-14-41(15-22-44)50(29-7-4-8-30-50)42-18-25-46(26-19-42)56-37(2)31-47-33-54-47/h10-19,21-26,36-37,43,47-48,51H,3-9,20,27-35H2,1-2H3. The van der Waals surface area contributed by atoms with Gasteiger partial charge in [-0.05, 0) is 116 Å². The van der Waals surface area contributed by atoms with Crippen molar-refractivity contribution in [1.82, 2.24) is 0 Å². The summed E-state index contributed by atoms with van der Waals surface area (Å²) in [5.41, 5.74) is 6.88. The fraction of sp³-hybridized carbons (Fsp3) is 0.520. The Morgan fingerprint density at radius 1 is 0.571 bits per heavy atom. The number of hydrogen-bond donors (Lipinski definition) is 1. The number of aliphatic hydroxyl groups is 1. The van der Waals surface area contributed by atoms with Crippen LogP contribution in [0.3, 0.4) is 0 Å². The second kappa shape index (κ2) is 17.7. The zero-order chi connectivity index (χ0) is 38.4. The normalized spacial score (nSPS) is 22.7. The van der Waals surface area contributed by atoms with Crippen LogP contribution in [0.25, 0.3) is 0 Å². The van der Waals surface area contributed by atoms with E-state index in [4.69, 9.17) is 23.7 Å². The fourth-order valence-electron chi connectivity index (χ4n) is 9.62. The smallest absolute Gasteiger partial charge is 0.119 e. The van der Waals surface area contributed by atoms with Crippen molar-refractivity contribution in [1.29, 1.82) is 0 Å². The van der Waals surface area contributed by atoms with E-state index in [1.54, 1.807) is 0 Å². The van der Waals surface area contributed by atoms with Crippen molar-refractivity contribution in [2.45, 2.75) is 138 Å². The van der Waals surface area contributed by atoms with Crippen molar-refractivity contribution < 1.29 is 28.8 Å². The molecule has 5 unspecified atom stereocenters. The first-order chi connectivity index (χ1) is 27.4. The van der Waals surface area contributed by atoms with Crippen LogP contribution in [0.1, 0.15) is 131 Å². The van der Waals surface area contributed by atoms with E-state index in [0.29, 0.717) is 31.7 Å². The number of ether oxygens (including phenoxy) is 5. The molecule has 6 nitrogen and oxygen atoms in total. The molecule has 5 atom stereocenters. The van der Waals surface area contributed by atoms with Crippen LogP contribution in [-0.4, -0.2) is 55.9 Å². The third-order valence-corrected chi connectivity index (χ3v) is 13.2. The summed E-state index contributed by atoms with van der Waals surface area (Å²) >= 11 is 0. The lowest BCUT2D eigenvalue weighted by Gasteiger charge is -2.39. The Morgan fingerprint density at radius 3 is 1.50 bits per heavy atom. The highest BCUT2D eigenvalue weighted by Crippen LogP contribution is 2.47. The Hall–Kier alpha value is -3.84. The van der Waals surface area contributed by atoms with Crippen LogP contribution in [0.15, 0.2) is 97.1 Å². The first-order valence-corrected chi connectivity index (χ1v) is 21.6. The lowest BCUT2D eigenvalue weighted by Crippen LogP contribution is -2.30. The molecule has 8 rings (SSSR count). The molecule has 0 spiro atoms. The van der Waals surface area contributed by atoms with E-state index in [1.807, 2.05) is 0 Å². The molecule has 4 aromatic carbocycles. The summed E-state index contributed by atoms with van der Waals surface area (Å²) in [6, 6.07) is 35.7. The summed E-state index contributed by atoms with van der Waals surface area (Å²) in [7, 11) is 0. The van der Waals surface area contributed by atoms with E-state index in [2.05, 4.69) is 111 Å². The largest absolute Gasteiger partial charge is 0.491 e. The van der Waals surface area contributed by atoms with Gasteiger partial charge in [-0.1, -0.05) is 106 Å². The molecule has 1 N–H and O–H groups in total. The van der Waals surface area contributed by atoms with Crippen molar-refractivity contribution in [2.75, 3.05) is 26.4 Å². The van der Waals surface area contributed by atoms with Crippen LogP contribution < -0.4 is 14.2 Å². The summed E-state index contributed by atoms with van der Waals surface area (Å²) in [5.74, 6) is 3.00. The van der Waals surface area contributed by atoms with Gasteiger partial charge in [-0.25, -0.2) is 0 Å². The molecule has 2 heterocycles. The second-order valence-electron chi connectivity index (χ2n) is 17.3. The molecule has 298 valence electrons. The average molecular weight is 759 g/mol. The minimum atomic E-state index is -0.518. The van der Waals surface area contributed by atoms with Gasteiger partial charge in [0.25, 0.3) is 0 Å². The summed E-state index contributed by atoms with van der Waals surface area (Å²) in [4.78, 5) is 0. The van der Waals surface area contributed by atoms with Crippen LogP contribution in [0.5, 0.6) is 17.2 Å². The van der Waals surface area contributed by atoms with Gasteiger partial charge in [-0.3, -0.25) is 0 Å². The molecule has 6 heteroatoms. The van der Waals surface area contributed by atoms with Gasteiger partial charge in [0.1, 0.15) is 36.6 Å². The van der Waals surface area contributed by atoms with Crippen molar-refractivity contribution in [3.8, 4) is 17.2 Å². The number of hydrogen-bond acceptors (Lipinski definition) is 6. The quantitative estimate of drug-likeness (QED) is 0.102. The molecule has 2 aliphatic heterocycles. The zero-order valence-corrected chi connectivity index (χ0v) is 33.6. The lowest BCUT2D eigenvalue weighted by atomic mass is 9.65. The number of aliphatic hydroxyl groups excluding tert-OH is 1. The molecule has 2 saturated heterocycles. The van der Waals surface area contributed by atoms with Crippen LogP contribution in [-0.2, 0) is 20.3 Å². The topological polar surface area (TPSA) is 73.0 Å². The van der Waals surface area contributed by atoms with E-state index in [-0.39, 0.29) is 23.0 Å². The maximum atomic E-state index is 11.0. The molecule has 56 heavy (non-hydrogen) atoms. The minimum absolute atomic E-state index is 0.000189. The summed E-state index contributed by atoms with van der Waals surface area (Å²) in [6.07, 6.45) is 15.0. The van der Waals surface area contributed by atoms with Gasteiger partial charge >= 0.3 is 0 Å². The molecular weight excluding hydrogens is 697 g/mol. The Morgan fingerprint density at radius 2 is 1.02 bits per heavy atom. The van der Waals surface area contributed by atoms with Gasteiger partial charge in [0.2, 0.25) is 0 Å². The predicted molar refractivity (Wildman–Crippen MR) is 222 cm³/mol. The van der Waals surface area contributed by atoms with Crippen LogP contribution >= 0.6 is 0 Å². The number of benzene rings is 4. The first-order valence-electron chi connectivity index (χ1n) is 21.6. The van der Waals surface area contributed by atoms with Gasteiger partial charge in [-0.2, -0.15) is 0 Å². The highest BCUT2D eigenvalue weighted by Gasteiger charge is 2.37. The molecule has 0 bridgehead atoms. The maximum absolute atomic E-state index is 11.0. The molecule has 4 aromatic rings. The first kappa shape index (κ1) is 39.0. The fourth-order valence-corrected chi connectivity index (χ4v) is 9.62. The monoisotopic (exact) mass is 758 g/mol. The Balaban J connectivity index is 0.836. The number of rotatable bonds is 18. The van der Waals surface area contributed by atoms with E-state index in [9.17, 15) is 5.11 Å². The highest BCUT2D eigenvalue weighted by molar-refractivity contribution is 5.45. The van der Waals surface area contributed by atoms with Crippen molar-refractivity contribution in [3.63, 3.8) is 0 Å². The molecule has 0 amide bonds. The van der Waals surface area contributed by atoms with Crippen molar-refractivity contribution in [3.05, 3.63) is 125 Å². The van der Waals surface area contributed by atoms with E-state index in [0.717, 1.165) is 56.1 Å². The van der Waals surface area contributed by atoms with E-state index < -0.39 is 6.10 Å². The highest BCUT2D eigenvalue weighted by atomic mass is 16.6. The third kappa shape index (κ3) is 9.47. The van der Waals surface area contributed by atoms with E-state index >= 15 is 0 Å². The summed E-state index contributed by atoms with van der Waals surface area (Å²) in [5, 5.41) is 11.0. The van der Waals surface area contributed by atoms with Crippen LogP contribution in [0, 0.1) is 0 Å². The summed E-state index contributed by atoms with van der Waals surface area (Å²) in [6.45, 7) is 7.00. The van der Waals surface area contributed by atoms with Crippen molar-refractivity contribution in [2.24, 2.45) is 0 Å². The SMILES string of the molecule is CC(CC1CO1)Oc1ccc(C2(c3ccc(OCC(O)CCC(C)c4ccc(C5(c6ccc(OCC7CO7)cc6)CCCCC5)cc4)cc3)CCCCC2)cc1. The second-order valence-corrected chi connectivity index (χ2v) is 17.3. The molecule has 2 saturated carbocycles. The molecule has 0 radical (unpaired) electrons. The van der Waals surface area contributed by atoms with Gasteiger partial charge in [0.15, 0.2) is 0 Å². The molecule has 0 aromatic heterocycles.